The molecule has 69 heavy (non-hydrogen) atoms. The van der Waals surface area contributed by atoms with E-state index in [1.165, 1.54) is 71.4 Å². The van der Waals surface area contributed by atoms with Crippen molar-refractivity contribution in [3.63, 3.8) is 0 Å². The van der Waals surface area contributed by atoms with Gasteiger partial charge in [-0.3, -0.25) is 0 Å². The molecule has 1 heterocycles. The summed E-state index contributed by atoms with van der Waals surface area (Å²) in [5, 5.41) is 9.62. The summed E-state index contributed by atoms with van der Waals surface area (Å²) in [5.74, 6) is 0. The molecule has 0 saturated heterocycles. The highest BCUT2D eigenvalue weighted by Crippen LogP contribution is 2.57. The molecule has 0 N–H and O–H groups in total. The molecule has 0 spiro atoms. The first-order valence-electron chi connectivity index (χ1n) is 23.8. The summed E-state index contributed by atoms with van der Waals surface area (Å²) in [7, 11) is 0. The molecule has 14 rings (SSSR count). The molecule has 13 aromatic rings. The van der Waals surface area contributed by atoms with Crippen LogP contribution in [0.1, 0.15) is 22.3 Å². The number of hydrogen-bond donors (Lipinski definition) is 0. The second-order valence-corrected chi connectivity index (χ2v) is 18.4. The van der Waals surface area contributed by atoms with Crippen molar-refractivity contribution in [2.45, 2.75) is 5.41 Å². The van der Waals surface area contributed by atoms with Gasteiger partial charge >= 0.3 is 0 Å². The summed E-state index contributed by atoms with van der Waals surface area (Å²) in [5.41, 5.74) is 16.8. The zero-order valence-corrected chi connectivity index (χ0v) is 37.7. The molecular formula is C67H43NO. The Labute approximate surface area is 400 Å². The lowest BCUT2D eigenvalue weighted by Crippen LogP contribution is -2.28. The molecule has 322 valence electrons. The van der Waals surface area contributed by atoms with Crippen LogP contribution in [0.3, 0.4) is 0 Å². The Morgan fingerprint density at radius 2 is 0.841 bits per heavy atom. The van der Waals surface area contributed by atoms with E-state index in [9.17, 15) is 0 Å². The number of fused-ring (bicyclic) bond motifs is 11. The molecule has 12 aromatic carbocycles. The fourth-order valence-electron chi connectivity index (χ4n) is 11.6. The summed E-state index contributed by atoms with van der Waals surface area (Å²) in [6, 6.07) is 95.6. The zero-order valence-electron chi connectivity index (χ0n) is 37.7. The van der Waals surface area contributed by atoms with Crippen LogP contribution in [0.25, 0.3) is 87.6 Å². The Morgan fingerprint density at radius 1 is 0.304 bits per heavy atom. The Balaban J connectivity index is 0.934. The highest BCUT2D eigenvalue weighted by Gasteiger charge is 2.46. The largest absolute Gasteiger partial charge is 0.455 e. The van der Waals surface area contributed by atoms with Gasteiger partial charge in [-0.05, 0) is 137 Å². The molecule has 2 nitrogen and oxygen atoms in total. The first-order valence-corrected chi connectivity index (χ1v) is 23.8. The maximum Gasteiger partial charge on any atom is 0.143 e. The molecule has 0 atom stereocenters. The lowest BCUT2D eigenvalue weighted by molar-refractivity contribution is 0.673. The van der Waals surface area contributed by atoms with Crippen molar-refractivity contribution in [3.05, 3.63) is 283 Å². The van der Waals surface area contributed by atoms with Crippen molar-refractivity contribution in [3.8, 4) is 33.4 Å². The molecule has 0 aliphatic heterocycles. The Morgan fingerprint density at radius 3 is 1.59 bits per heavy atom. The molecule has 1 aromatic heterocycles. The van der Waals surface area contributed by atoms with Gasteiger partial charge < -0.3 is 9.32 Å². The topological polar surface area (TPSA) is 16.4 Å². The Kier molecular flexibility index (Phi) is 8.84. The average Bonchev–Trinajstić information content (AvgIpc) is 3.96. The van der Waals surface area contributed by atoms with Crippen LogP contribution >= 0.6 is 0 Å². The minimum Gasteiger partial charge on any atom is -0.455 e. The van der Waals surface area contributed by atoms with Crippen molar-refractivity contribution < 1.29 is 4.42 Å². The fraction of sp³-hybridized carbons (Fsp3) is 0.0149. The smallest absolute Gasteiger partial charge is 0.143 e. The summed E-state index contributed by atoms with van der Waals surface area (Å²) in [6.45, 7) is 0. The third-order valence-corrected chi connectivity index (χ3v) is 14.7. The SMILES string of the molecule is c1ccc(C2(c3ccccc3)c3ccccc3-c3ccc(N(c4ccc(-c5ccc6c(ccc7ccccc76)c5)cc4)c4ccc(-c5cccc6oc7c8ccccc8ccc7c56)cc4)cc32)cc1. The monoisotopic (exact) mass is 877 g/mol. The van der Waals surface area contributed by atoms with E-state index in [0.717, 1.165) is 55.5 Å². The lowest BCUT2D eigenvalue weighted by Gasteiger charge is -2.35. The van der Waals surface area contributed by atoms with Crippen LogP contribution < -0.4 is 4.90 Å². The molecule has 2 heteroatoms. The number of furan rings is 1. The van der Waals surface area contributed by atoms with E-state index in [2.05, 4.69) is 266 Å². The van der Waals surface area contributed by atoms with Gasteiger partial charge in [0.25, 0.3) is 0 Å². The van der Waals surface area contributed by atoms with E-state index >= 15 is 0 Å². The van der Waals surface area contributed by atoms with Gasteiger partial charge in [0.05, 0.1) is 5.41 Å². The lowest BCUT2D eigenvalue weighted by atomic mass is 9.67. The van der Waals surface area contributed by atoms with Crippen molar-refractivity contribution in [2.75, 3.05) is 4.90 Å². The predicted octanol–water partition coefficient (Wildman–Crippen LogP) is 18.2. The summed E-state index contributed by atoms with van der Waals surface area (Å²) >= 11 is 0. The van der Waals surface area contributed by atoms with Crippen molar-refractivity contribution in [1.29, 1.82) is 0 Å². The van der Waals surface area contributed by atoms with Crippen molar-refractivity contribution >= 4 is 71.3 Å². The van der Waals surface area contributed by atoms with Gasteiger partial charge in [0, 0.05) is 33.2 Å². The van der Waals surface area contributed by atoms with Gasteiger partial charge in [0.1, 0.15) is 11.2 Å². The first kappa shape index (κ1) is 39.2. The Hall–Kier alpha value is -8.98. The standard InChI is InChI=1S/C67H43NO/c1-3-16-50(17-4-1)67(51-18-5-2-6-19-51)62-24-12-11-22-59(62)60-41-38-54(43-63(60)67)68(52-34-28-44(29-35-52)48-33-39-56-49(42-48)27-26-45-14-7-9-20-55(45)56)53-36-30-47(31-37-53)57-23-13-25-64-65(57)61-40-32-46-15-8-10-21-58(46)66(61)69-64/h1-43H. The van der Waals surface area contributed by atoms with Crippen LogP contribution in [0.5, 0.6) is 0 Å². The third kappa shape index (κ3) is 6.06. The molecular weight excluding hydrogens is 835 g/mol. The number of rotatable bonds is 7. The minimum atomic E-state index is -0.525. The van der Waals surface area contributed by atoms with Crippen LogP contribution in [0.2, 0.25) is 0 Å². The van der Waals surface area contributed by atoms with E-state index in [1.54, 1.807) is 0 Å². The van der Waals surface area contributed by atoms with Crippen LogP contribution in [-0.2, 0) is 5.41 Å². The number of anilines is 3. The fourth-order valence-corrected chi connectivity index (χ4v) is 11.6. The van der Waals surface area contributed by atoms with Crippen LogP contribution in [0, 0.1) is 0 Å². The second-order valence-electron chi connectivity index (χ2n) is 18.4. The maximum atomic E-state index is 6.62. The summed E-state index contributed by atoms with van der Waals surface area (Å²) in [4.78, 5) is 2.42. The van der Waals surface area contributed by atoms with Gasteiger partial charge in [-0.15, -0.1) is 0 Å². The summed E-state index contributed by atoms with van der Waals surface area (Å²) < 4.78 is 6.62. The van der Waals surface area contributed by atoms with E-state index in [4.69, 9.17) is 4.42 Å². The minimum absolute atomic E-state index is 0.525. The number of nitrogens with zero attached hydrogens (tertiary/aromatic N) is 1. The first-order chi connectivity index (χ1) is 34.2. The molecule has 0 unspecified atom stereocenters. The predicted molar refractivity (Wildman–Crippen MR) is 289 cm³/mol. The van der Waals surface area contributed by atoms with Crippen LogP contribution in [-0.4, -0.2) is 0 Å². The van der Waals surface area contributed by atoms with Gasteiger partial charge in [-0.25, -0.2) is 0 Å². The zero-order chi connectivity index (χ0) is 45.5. The van der Waals surface area contributed by atoms with Crippen molar-refractivity contribution in [2.24, 2.45) is 0 Å². The normalized spacial score (nSPS) is 12.8. The van der Waals surface area contributed by atoms with E-state index < -0.39 is 5.41 Å². The molecule has 0 bridgehead atoms. The molecule has 0 fully saturated rings. The highest BCUT2D eigenvalue weighted by atomic mass is 16.3. The van der Waals surface area contributed by atoms with Crippen molar-refractivity contribution in [1.82, 2.24) is 0 Å². The number of benzene rings is 12. The van der Waals surface area contributed by atoms with Gasteiger partial charge in [0.15, 0.2) is 0 Å². The quantitative estimate of drug-likeness (QED) is 0.148. The van der Waals surface area contributed by atoms with Crippen LogP contribution in [0.15, 0.2) is 265 Å². The van der Waals surface area contributed by atoms with Gasteiger partial charge in [-0.2, -0.15) is 0 Å². The molecule has 1 aliphatic rings. The average molecular weight is 878 g/mol. The van der Waals surface area contributed by atoms with E-state index in [1.807, 2.05) is 0 Å². The van der Waals surface area contributed by atoms with Gasteiger partial charge in [0.2, 0.25) is 0 Å². The Bertz CT molecular complexity index is 4070. The van der Waals surface area contributed by atoms with Crippen LogP contribution in [0.4, 0.5) is 17.1 Å². The van der Waals surface area contributed by atoms with Gasteiger partial charge in [-0.1, -0.05) is 206 Å². The van der Waals surface area contributed by atoms with E-state index in [-0.39, 0.29) is 0 Å². The number of hydrogen-bond acceptors (Lipinski definition) is 2. The molecule has 0 radical (unpaired) electrons. The maximum absolute atomic E-state index is 6.62. The van der Waals surface area contributed by atoms with E-state index in [0.29, 0.717) is 0 Å². The molecule has 1 aliphatic carbocycles. The molecule has 0 saturated carbocycles. The molecule has 0 amide bonds. The highest BCUT2D eigenvalue weighted by molar-refractivity contribution is 6.19. The third-order valence-electron chi connectivity index (χ3n) is 14.7. The second kappa shape index (κ2) is 15.6. The summed E-state index contributed by atoms with van der Waals surface area (Å²) in [6.07, 6.45) is 0.